The molecule has 0 radical (unpaired) electrons. The lowest BCUT2D eigenvalue weighted by Crippen LogP contribution is -2.49. The van der Waals surface area contributed by atoms with Crippen LogP contribution in [-0.2, 0) is 4.79 Å². The lowest BCUT2D eigenvalue weighted by atomic mass is 9.79. The minimum absolute atomic E-state index is 0.103. The van der Waals surface area contributed by atoms with Crippen LogP contribution in [0.1, 0.15) is 33.4 Å². The minimum atomic E-state index is -5.21. The van der Waals surface area contributed by atoms with Crippen LogP contribution in [0.15, 0.2) is 67.0 Å². The number of carbonyl (C=O) groups is 2. The third-order valence-corrected chi connectivity index (χ3v) is 5.52. The zero-order valence-corrected chi connectivity index (χ0v) is 18.5. The van der Waals surface area contributed by atoms with E-state index >= 15 is 0 Å². The first kappa shape index (κ1) is 25.9. The zero-order valence-electron chi connectivity index (χ0n) is 18.5. The maximum absolute atomic E-state index is 13.8. The molecule has 4 rings (SSSR count). The van der Waals surface area contributed by atoms with Crippen LogP contribution in [0.25, 0.3) is 0 Å². The molecule has 0 unspecified atom stereocenters. The van der Waals surface area contributed by atoms with Gasteiger partial charge in [0, 0.05) is 29.7 Å². The van der Waals surface area contributed by atoms with Crippen molar-refractivity contribution in [1.29, 1.82) is 0 Å². The van der Waals surface area contributed by atoms with Crippen LogP contribution in [0.2, 0.25) is 0 Å². The topological polar surface area (TPSA) is 71.5 Å². The maximum atomic E-state index is 13.8. The minimum Gasteiger partial charge on any atom is -0.403 e. The molecule has 0 aliphatic carbocycles. The Balaban J connectivity index is 1.79. The molecule has 0 fully saturated rings. The molecule has 0 bridgehead atoms. The van der Waals surface area contributed by atoms with Crippen molar-refractivity contribution in [2.45, 2.75) is 24.5 Å². The molecule has 194 valence electrons. The summed E-state index contributed by atoms with van der Waals surface area (Å²) >= 11 is 0. The molecule has 6 nitrogen and oxygen atoms in total. The number of pyridine rings is 1. The summed E-state index contributed by atoms with van der Waals surface area (Å²) in [6.07, 6.45) is -7.46. The lowest BCUT2D eigenvalue weighted by Gasteiger charge is -2.41. The largest absolute Gasteiger partial charge is 0.573 e. The average molecular weight is 527 g/mol. The molecule has 2 atom stereocenters. The number of halogens is 7. The third kappa shape index (κ3) is 5.81. The van der Waals surface area contributed by atoms with Crippen LogP contribution in [0, 0.1) is 5.82 Å². The fourth-order valence-corrected chi connectivity index (χ4v) is 4.17. The van der Waals surface area contributed by atoms with Gasteiger partial charge in [0.05, 0.1) is 12.0 Å². The molecule has 2 aromatic carbocycles. The number of carbonyl (C=O) groups excluding carboxylic acids is 2. The summed E-state index contributed by atoms with van der Waals surface area (Å²) in [5.74, 6) is -5.92. The number of ether oxygens (including phenoxy) is 1. The van der Waals surface area contributed by atoms with Gasteiger partial charge in [-0.1, -0.05) is 24.3 Å². The van der Waals surface area contributed by atoms with Gasteiger partial charge in [0.15, 0.2) is 11.6 Å². The van der Waals surface area contributed by atoms with Crippen molar-refractivity contribution in [3.63, 3.8) is 0 Å². The Bertz CT molecular complexity index is 1310. The van der Waals surface area contributed by atoms with Crippen molar-refractivity contribution in [3.05, 3.63) is 89.5 Å². The molecule has 37 heavy (non-hydrogen) atoms. The Morgan fingerprint density at radius 3 is 2.41 bits per heavy atom. The summed E-state index contributed by atoms with van der Waals surface area (Å²) in [5.41, 5.74) is -0.235. The van der Waals surface area contributed by atoms with E-state index in [1.165, 1.54) is 48.8 Å². The van der Waals surface area contributed by atoms with Crippen LogP contribution in [0.3, 0.4) is 0 Å². The summed E-state index contributed by atoms with van der Waals surface area (Å²) in [7, 11) is 0. The van der Waals surface area contributed by atoms with Crippen LogP contribution in [0.5, 0.6) is 5.75 Å². The monoisotopic (exact) mass is 527 g/mol. The second-order valence-corrected chi connectivity index (χ2v) is 8.03. The van der Waals surface area contributed by atoms with Crippen LogP contribution in [0.4, 0.5) is 36.4 Å². The fraction of sp³-hybridized carbons (Fsp3) is 0.208. The number of fused-ring (bicyclic) bond motifs is 1. The normalized spacial score (nSPS) is 17.8. The van der Waals surface area contributed by atoms with Gasteiger partial charge in [-0.3, -0.25) is 14.6 Å². The lowest BCUT2D eigenvalue weighted by molar-refractivity contribution is -0.275. The molecule has 1 aliphatic rings. The van der Waals surface area contributed by atoms with Gasteiger partial charge in [0.1, 0.15) is 6.54 Å². The Hall–Kier alpha value is -4.16. The molecular formula is C24H16F7N3O3. The maximum Gasteiger partial charge on any atom is 0.573 e. The van der Waals surface area contributed by atoms with Crippen molar-refractivity contribution in [2.75, 3.05) is 11.9 Å². The van der Waals surface area contributed by atoms with E-state index in [0.29, 0.717) is 17.0 Å². The van der Waals surface area contributed by atoms with Gasteiger partial charge in [-0.05, 0) is 35.4 Å². The van der Waals surface area contributed by atoms with Gasteiger partial charge in [-0.25, -0.2) is 4.39 Å². The Morgan fingerprint density at radius 2 is 1.76 bits per heavy atom. The van der Waals surface area contributed by atoms with Crippen LogP contribution < -0.4 is 10.1 Å². The SMILES string of the molecule is O=C(Nc1ccc(F)c(OC(F)(F)F)c1)[C@@H]1c2ccccc2C(=O)N(CC(F)(F)F)[C@H]1c1cccnc1. The van der Waals surface area contributed by atoms with Gasteiger partial charge >= 0.3 is 12.5 Å². The fourth-order valence-electron chi connectivity index (χ4n) is 4.17. The molecule has 3 aromatic rings. The summed E-state index contributed by atoms with van der Waals surface area (Å²) in [4.78, 5) is 31.0. The highest BCUT2D eigenvalue weighted by molar-refractivity contribution is 6.04. The number of nitrogens with one attached hydrogen (secondary N) is 1. The van der Waals surface area contributed by atoms with Gasteiger partial charge in [0.25, 0.3) is 5.91 Å². The molecular weight excluding hydrogens is 511 g/mol. The molecule has 0 saturated carbocycles. The van der Waals surface area contributed by atoms with E-state index in [2.05, 4.69) is 15.0 Å². The molecule has 1 N–H and O–H groups in total. The molecule has 2 amide bonds. The van der Waals surface area contributed by atoms with E-state index in [-0.39, 0.29) is 22.4 Å². The van der Waals surface area contributed by atoms with Crippen molar-refractivity contribution in [2.24, 2.45) is 0 Å². The van der Waals surface area contributed by atoms with Crippen molar-refractivity contribution in [3.8, 4) is 5.75 Å². The Morgan fingerprint density at radius 1 is 1.03 bits per heavy atom. The molecule has 13 heteroatoms. The van der Waals surface area contributed by atoms with Gasteiger partial charge in [-0.15, -0.1) is 13.2 Å². The van der Waals surface area contributed by atoms with E-state index in [0.717, 1.165) is 6.07 Å². The predicted molar refractivity (Wildman–Crippen MR) is 115 cm³/mol. The van der Waals surface area contributed by atoms with Gasteiger partial charge in [0.2, 0.25) is 5.91 Å². The first-order chi connectivity index (χ1) is 17.3. The van der Waals surface area contributed by atoms with E-state index in [9.17, 15) is 40.3 Å². The first-order valence-electron chi connectivity index (χ1n) is 10.6. The highest BCUT2D eigenvalue weighted by Crippen LogP contribution is 2.44. The number of anilines is 1. The molecule has 1 aliphatic heterocycles. The number of amides is 2. The first-order valence-corrected chi connectivity index (χ1v) is 10.6. The van der Waals surface area contributed by atoms with Crippen molar-refractivity contribution < 1.29 is 45.1 Å². The van der Waals surface area contributed by atoms with Crippen molar-refractivity contribution in [1.82, 2.24) is 9.88 Å². The number of hydrogen-bond acceptors (Lipinski definition) is 4. The molecule has 1 aromatic heterocycles. The summed E-state index contributed by atoms with van der Waals surface area (Å²) in [6, 6.07) is 9.10. The van der Waals surface area contributed by atoms with Gasteiger partial charge < -0.3 is 15.0 Å². The highest BCUT2D eigenvalue weighted by atomic mass is 19.4. The number of benzene rings is 2. The second-order valence-electron chi connectivity index (χ2n) is 8.03. The second kappa shape index (κ2) is 9.71. The number of aromatic nitrogens is 1. The summed E-state index contributed by atoms with van der Waals surface area (Å²) < 4.78 is 95.9. The predicted octanol–water partition coefficient (Wildman–Crippen LogP) is 5.60. The standard InChI is InChI=1S/C24H16F7N3O3/c25-17-8-7-14(10-18(17)37-24(29,30)31)33-21(35)19-15-5-1-2-6-16(15)22(36)34(12-23(26,27)28)20(19)13-4-3-9-32-11-13/h1-11,19-20H,12H2,(H,33,35)/t19-,20+/m1/s1. The smallest absolute Gasteiger partial charge is 0.403 e. The van der Waals surface area contributed by atoms with Crippen LogP contribution in [-0.4, -0.2) is 40.8 Å². The Labute approximate surface area is 204 Å². The van der Waals surface area contributed by atoms with Crippen LogP contribution >= 0.6 is 0 Å². The average Bonchev–Trinajstić information content (AvgIpc) is 2.81. The summed E-state index contributed by atoms with van der Waals surface area (Å²) in [5, 5.41) is 2.31. The highest BCUT2D eigenvalue weighted by Gasteiger charge is 2.48. The van der Waals surface area contributed by atoms with E-state index < -0.39 is 54.4 Å². The Kier molecular flexibility index (Phi) is 6.80. The number of rotatable bonds is 5. The molecule has 2 heterocycles. The van der Waals surface area contributed by atoms with Crippen molar-refractivity contribution >= 4 is 17.5 Å². The van der Waals surface area contributed by atoms with Gasteiger partial charge in [-0.2, -0.15) is 13.2 Å². The number of hydrogen-bond donors (Lipinski definition) is 1. The molecule has 0 spiro atoms. The third-order valence-electron chi connectivity index (χ3n) is 5.52. The quantitative estimate of drug-likeness (QED) is 0.439. The van der Waals surface area contributed by atoms with E-state index in [1.54, 1.807) is 0 Å². The molecule has 0 saturated heterocycles. The zero-order chi connectivity index (χ0) is 27.0. The number of alkyl halides is 6. The summed E-state index contributed by atoms with van der Waals surface area (Å²) in [6.45, 7) is -1.68. The van der Waals surface area contributed by atoms with E-state index in [4.69, 9.17) is 0 Å². The van der Waals surface area contributed by atoms with E-state index in [1.807, 2.05) is 0 Å². The number of nitrogens with zero attached hydrogens (tertiary/aromatic N) is 2.